The van der Waals surface area contributed by atoms with Crippen LogP contribution in [0.5, 0.6) is 11.6 Å². The lowest BCUT2D eigenvalue weighted by Gasteiger charge is -2.12. The second-order valence-corrected chi connectivity index (χ2v) is 8.79. The highest BCUT2D eigenvalue weighted by atomic mass is 16.5. The molecule has 0 radical (unpaired) electrons. The van der Waals surface area contributed by atoms with Crippen LogP contribution in [0.3, 0.4) is 0 Å². The Bertz CT molecular complexity index is 1480. The highest BCUT2D eigenvalue weighted by Gasteiger charge is 2.11. The Morgan fingerprint density at radius 1 is 0.950 bits per heavy atom. The molecule has 3 aromatic carbocycles. The summed E-state index contributed by atoms with van der Waals surface area (Å²) in [4.78, 5) is 21.5. The minimum Gasteiger partial charge on any atom is -0.438 e. The van der Waals surface area contributed by atoms with E-state index in [0.717, 1.165) is 16.3 Å². The van der Waals surface area contributed by atoms with Gasteiger partial charge in [-0.3, -0.25) is 4.79 Å². The van der Waals surface area contributed by atoms with Gasteiger partial charge in [0, 0.05) is 48.1 Å². The van der Waals surface area contributed by atoms with Gasteiger partial charge in [-0.2, -0.15) is 4.98 Å². The number of amides is 1. The van der Waals surface area contributed by atoms with E-state index < -0.39 is 0 Å². The molecule has 1 aromatic heterocycles. The molecular formula is C31H32N4O5. The number of anilines is 2. The third kappa shape index (κ3) is 8.01. The second-order valence-electron chi connectivity index (χ2n) is 8.79. The minimum absolute atomic E-state index is 0.274. The Labute approximate surface area is 233 Å². The van der Waals surface area contributed by atoms with Gasteiger partial charge in [-0.25, -0.2) is 4.98 Å². The van der Waals surface area contributed by atoms with E-state index in [4.69, 9.17) is 25.4 Å². The van der Waals surface area contributed by atoms with E-state index in [2.05, 4.69) is 39.5 Å². The molecule has 0 unspecified atom stereocenters. The predicted molar refractivity (Wildman–Crippen MR) is 154 cm³/mol. The zero-order valence-electron chi connectivity index (χ0n) is 22.6. The predicted octanol–water partition coefficient (Wildman–Crippen LogP) is 4.86. The fourth-order valence-electron chi connectivity index (χ4n) is 3.93. The van der Waals surface area contributed by atoms with Crippen molar-refractivity contribution < 1.29 is 23.7 Å². The molecule has 0 saturated carbocycles. The number of fused-ring (bicyclic) bond motifs is 1. The number of benzene rings is 3. The quantitative estimate of drug-likeness (QED) is 0.173. The maximum atomic E-state index is 12.8. The summed E-state index contributed by atoms with van der Waals surface area (Å²) < 4.78 is 21.8. The van der Waals surface area contributed by atoms with Crippen LogP contribution in [-0.2, 0) is 14.2 Å². The summed E-state index contributed by atoms with van der Waals surface area (Å²) in [6.07, 6.45) is 7.24. The number of methoxy groups -OCH3 is 1. The van der Waals surface area contributed by atoms with Gasteiger partial charge >= 0.3 is 0 Å². The van der Waals surface area contributed by atoms with Crippen molar-refractivity contribution in [3.8, 4) is 24.0 Å². The average molecular weight is 541 g/mol. The number of nitrogens with one attached hydrogen (secondary N) is 2. The molecule has 4 aromatic rings. The molecule has 0 saturated heterocycles. The van der Waals surface area contributed by atoms with E-state index >= 15 is 0 Å². The molecule has 0 aliphatic heterocycles. The fraction of sp³-hybridized carbons (Fsp3) is 0.258. The summed E-state index contributed by atoms with van der Waals surface area (Å²) in [5.74, 6) is 3.69. The molecule has 1 amide bonds. The van der Waals surface area contributed by atoms with Gasteiger partial charge in [0.25, 0.3) is 5.91 Å². The van der Waals surface area contributed by atoms with Crippen LogP contribution in [0.15, 0.2) is 66.9 Å². The number of aromatic nitrogens is 2. The summed E-state index contributed by atoms with van der Waals surface area (Å²) in [5, 5.41) is 8.07. The number of nitrogens with zero attached hydrogens (tertiary/aromatic N) is 2. The molecule has 1 heterocycles. The smallest absolute Gasteiger partial charge is 0.251 e. The maximum Gasteiger partial charge on any atom is 0.251 e. The van der Waals surface area contributed by atoms with Gasteiger partial charge in [-0.1, -0.05) is 36.3 Å². The lowest BCUT2D eigenvalue weighted by Crippen LogP contribution is -2.27. The van der Waals surface area contributed by atoms with Crippen molar-refractivity contribution in [1.29, 1.82) is 0 Å². The van der Waals surface area contributed by atoms with Crippen molar-refractivity contribution in [2.24, 2.45) is 0 Å². The normalized spacial score (nSPS) is 10.7. The highest BCUT2D eigenvalue weighted by Crippen LogP contribution is 2.31. The number of hydrogen-bond acceptors (Lipinski definition) is 8. The SMILES string of the molecule is C#Cc1cc(Nc2nccc(Oc3ccc(C)c4ccccc34)n2)cc(C(=O)NCCOCCOCCOC)c1. The Hall–Kier alpha value is -4.49. The molecule has 40 heavy (non-hydrogen) atoms. The van der Waals surface area contributed by atoms with Crippen molar-refractivity contribution >= 4 is 28.3 Å². The first-order valence-corrected chi connectivity index (χ1v) is 12.9. The third-order valence-electron chi connectivity index (χ3n) is 5.90. The van der Waals surface area contributed by atoms with Crippen molar-refractivity contribution in [3.05, 3.63) is 83.6 Å². The average Bonchev–Trinajstić information content (AvgIpc) is 2.98. The van der Waals surface area contributed by atoms with Gasteiger partial charge in [0.1, 0.15) is 5.75 Å². The van der Waals surface area contributed by atoms with E-state index in [1.807, 2.05) is 30.3 Å². The van der Waals surface area contributed by atoms with Crippen molar-refractivity contribution in [1.82, 2.24) is 15.3 Å². The van der Waals surface area contributed by atoms with Crippen LogP contribution in [0.1, 0.15) is 21.5 Å². The zero-order chi connectivity index (χ0) is 28.2. The number of terminal acetylenes is 1. The lowest BCUT2D eigenvalue weighted by atomic mass is 10.1. The number of carbonyl (C=O) groups excluding carboxylic acids is 1. The first-order chi connectivity index (χ1) is 19.6. The Balaban J connectivity index is 1.37. The summed E-state index contributed by atoms with van der Waals surface area (Å²) in [6, 6.07) is 18.8. The number of carbonyl (C=O) groups is 1. The summed E-state index contributed by atoms with van der Waals surface area (Å²) in [7, 11) is 1.62. The molecule has 2 N–H and O–H groups in total. The Morgan fingerprint density at radius 2 is 1.73 bits per heavy atom. The molecule has 9 nitrogen and oxygen atoms in total. The minimum atomic E-state index is -0.274. The van der Waals surface area contributed by atoms with E-state index in [0.29, 0.717) is 74.0 Å². The van der Waals surface area contributed by atoms with Crippen molar-refractivity contribution in [2.75, 3.05) is 52.0 Å². The molecule has 0 spiro atoms. The highest BCUT2D eigenvalue weighted by molar-refractivity contribution is 5.95. The summed E-state index contributed by atoms with van der Waals surface area (Å²) in [6.45, 7) is 4.72. The standard InChI is InChI=1S/C31H32N4O5/c1-4-23-19-24(30(36)32-13-14-38-17-18-39-16-15-37-3)21-25(20-23)34-31-33-12-11-29(35-31)40-28-10-9-22(2)26-7-5-6-8-27(26)28/h1,5-12,19-21H,13-18H2,2-3H3,(H,32,36)(H,33,34,35). The van der Waals surface area contributed by atoms with Crippen LogP contribution in [-0.4, -0.2) is 62.6 Å². The topological polar surface area (TPSA) is 104 Å². The van der Waals surface area contributed by atoms with E-state index in [1.165, 1.54) is 0 Å². The van der Waals surface area contributed by atoms with Gasteiger partial charge in [0.15, 0.2) is 0 Å². The Morgan fingerprint density at radius 3 is 2.52 bits per heavy atom. The zero-order valence-corrected chi connectivity index (χ0v) is 22.6. The van der Waals surface area contributed by atoms with Crippen LogP contribution < -0.4 is 15.4 Å². The molecule has 0 atom stereocenters. The number of hydrogen-bond donors (Lipinski definition) is 2. The molecular weight excluding hydrogens is 508 g/mol. The van der Waals surface area contributed by atoms with Gasteiger partial charge in [0.05, 0.1) is 33.0 Å². The first-order valence-electron chi connectivity index (χ1n) is 12.9. The second kappa shape index (κ2) is 14.6. The van der Waals surface area contributed by atoms with Crippen LogP contribution in [0.25, 0.3) is 10.8 Å². The van der Waals surface area contributed by atoms with E-state index in [1.54, 1.807) is 37.6 Å². The molecule has 0 fully saturated rings. The molecule has 206 valence electrons. The van der Waals surface area contributed by atoms with Crippen molar-refractivity contribution in [3.63, 3.8) is 0 Å². The van der Waals surface area contributed by atoms with Gasteiger partial charge in [-0.15, -0.1) is 6.42 Å². The number of aryl methyl sites for hydroxylation is 1. The van der Waals surface area contributed by atoms with Crippen LogP contribution in [0, 0.1) is 19.3 Å². The van der Waals surface area contributed by atoms with E-state index in [9.17, 15) is 4.79 Å². The molecule has 0 aliphatic carbocycles. The van der Waals surface area contributed by atoms with Crippen LogP contribution in [0.4, 0.5) is 11.6 Å². The Kier molecular flexibility index (Phi) is 10.4. The third-order valence-corrected chi connectivity index (χ3v) is 5.90. The van der Waals surface area contributed by atoms with Gasteiger partial charge in [0.2, 0.25) is 11.8 Å². The summed E-state index contributed by atoms with van der Waals surface area (Å²) in [5.41, 5.74) is 2.68. The first kappa shape index (κ1) is 28.5. The van der Waals surface area contributed by atoms with Crippen LogP contribution in [0.2, 0.25) is 0 Å². The largest absolute Gasteiger partial charge is 0.438 e. The van der Waals surface area contributed by atoms with Crippen LogP contribution >= 0.6 is 0 Å². The maximum absolute atomic E-state index is 12.8. The monoisotopic (exact) mass is 540 g/mol. The van der Waals surface area contributed by atoms with Crippen molar-refractivity contribution in [2.45, 2.75) is 6.92 Å². The number of rotatable bonds is 14. The molecule has 0 bridgehead atoms. The summed E-state index contributed by atoms with van der Waals surface area (Å²) >= 11 is 0. The van der Waals surface area contributed by atoms with E-state index in [-0.39, 0.29) is 5.91 Å². The van der Waals surface area contributed by atoms with Gasteiger partial charge < -0.3 is 29.6 Å². The van der Waals surface area contributed by atoms with Gasteiger partial charge in [-0.05, 0) is 42.1 Å². The molecule has 0 aliphatic rings. The number of ether oxygens (including phenoxy) is 4. The fourth-order valence-corrected chi connectivity index (χ4v) is 3.93. The lowest BCUT2D eigenvalue weighted by molar-refractivity contribution is 0.0255. The molecule has 9 heteroatoms. The molecule has 4 rings (SSSR count).